The Morgan fingerprint density at radius 1 is 0.667 bits per heavy atom. The van der Waals surface area contributed by atoms with Crippen LogP contribution in [0.4, 0.5) is 28.2 Å². The third-order valence-electron chi connectivity index (χ3n) is 1.24. The summed E-state index contributed by atoms with van der Waals surface area (Å²) in [7, 11) is 2.70. The van der Waals surface area contributed by atoms with Gasteiger partial charge in [-0.25, -0.2) is 0 Å². The molecule has 15 heavy (non-hydrogen) atoms. The standard InChI is InChI=1S/C8H11P.6FH/c1-6-3-7(2)5-8(9)4-6;;;;;;/h3-5H,9H2,1-2H3;6*1H. The lowest BCUT2D eigenvalue weighted by atomic mass is 10.2. The smallest absolute Gasteiger partial charge is 0.0297 e. The Bertz CT molecular complexity index is 180. The van der Waals surface area contributed by atoms with Gasteiger partial charge in [-0.2, -0.15) is 0 Å². The van der Waals surface area contributed by atoms with Crippen molar-refractivity contribution in [2.75, 3.05) is 0 Å². The second-order valence-corrected chi connectivity index (χ2v) is 3.09. The van der Waals surface area contributed by atoms with Gasteiger partial charge < -0.3 is 0 Å². The van der Waals surface area contributed by atoms with Crippen molar-refractivity contribution < 1.29 is 28.2 Å². The fraction of sp³-hybridized carbons (Fsp3) is 0.250. The lowest BCUT2D eigenvalue weighted by Crippen LogP contribution is -1.91. The summed E-state index contributed by atoms with van der Waals surface area (Å²) in [6, 6.07) is 6.48. The normalized spacial score (nSPS) is 5.80. The number of halogens is 6. The van der Waals surface area contributed by atoms with Crippen molar-refractivity contribution in [3.8, 4) is 0 Å². The average molecular weight is 258 g/mol. The van der Waals surface area contributed by atoms with Gasteiger partial charge in [0.1, 0.15) is 0 Å². The molecule has 0 saturated carbocycles. The van der Waals surface area contributed by atoms with Crippen molar-refractivity contribution >= 4 is 14.5 Å². The molecule has 0 radical (unpaired) electrons. The summed E-state index contributed by atoms with van der Waals surface area (Å²) in [5.74, 6) is 0. The average Bonchev–Trinajstić information content (AvgIpc) is 1.59. The van der Waals surface area contributed by atoms with Gasteiger partial charge in [0.2, 0.25) is 0 Å². The minimum atomic E-state index is 0. The van der Waals surface area contributed by atoms with Crippen molar-refractivity contribution in [3.05, 3.63) is 29.3 Å². The predicted octanol–water partition coefficient (Wildman–Crippen LogP) is 2.72. The molecule has 1 aromatic carbocycles. The van der Waals surface area contributed by atoms with Crippen molar-refractivity contribution in [1.29, 1.82) is 0 Å². The molecule has 7 heteroatoms. The van der Waals surface area contributed by atoms with Gasteiger partial charge in [0, 0.05) is 0 Å². The first-order chi connectivity index (χ1) is 4.18. The minimum Gasteiger partial charge on any atom is -0.269 e. The van der Waals surface area contributed by atoms with Crippen LogP contribution in [-0.4, -0.2) is 0 Å². The molecule has 0 aliphatic heterocycles. The van der Waals surface area contributed by atoms with Crippen LogP contribution in [0, 0.1) is 13.8 Å². The van der Waals surface area contributed by atoms with Gasteiger partial charge in [0.25, 0.3) is 0 Å². The van der Waals surface area contributed by atoms with Crippen LogP contribution in [0.1, 0.15) is 11.1 Å². The number of rotatable bonds is 0. The molecule has 0 fully saturated rings. The number of benzene rings is 1. The van der Waals surface area contributed by atoms with Crippen LogP contribution in [-0.2, 0) is 0 Å². The van der Waals surface area contributed by atoms with E-state index in [1.54, 1.807) is 0 Å². The van der Waals surface area contributed by atoms with Crippen LogP contribution in [0.2, 0.25) is 0 Å². The van der Waals surface area contributed by atoms with E-state index in [1.807, 2.05) is 0 Å². The first-order valence-electron chi connectivity index (χ1n) is 3.02. The van der Waals surface area contributed by atoms with E-state index < -0.39 is 0 Å². The van der Waals surface area contributed by atoms with Crippen LogP contribution < -0.4 is 5.30 Å². The molecule has 0 aliphatic rings. The topological polar surface area (TPSA) is 0 Å². The van der Waals surface area contributed by atoms with Crippen LogP contribution in [0.25, 0.3) is 0 Å². The van der Waals surface area contributed by atoms with E-state index >= 15 is 0 Å². The first kappa shape index (κ1) is 36.8. The summed E-state index contributed by atoms with van der Waals surface area (Å²) in [5.41, 5.74) is 2.67. The molecule has 0 amide bonds. The lowest BCUT2D eigenvalue weighted by molar-refractivity contribution is 1.11. The molecule has 0 bridgehead atoms. The van der Waals surface area contributed by atoms with Gasteiger partial charge in [-0.15, -0.1) is 9.24 Å². The van der Waals surface area contributed by atoms with E-state index in [-0.39, 0.29) is 28.2 Å². The third-order valence-corrected chi connectivity index (χ3v) is 1.58. The molecule has 1 aromatic rings. The molecule has 0 spiro atoms. The Labute approximate surface area is 86.9 Å². The highest BCUT2D eigenvalue weighted by atomic mass is 31.0. The zero-order valence-electron chi connectivity index (χ0n) is 8.26. The number of aryl methyl sites for hydroxylation is 2. The number of hydrogen-bond acceptors (Lipinski definition) is 0. The van der Waals surface area contributed by atoms with Gasteiger partial charge in [-0.1, -0.05) is 29.3 Å². The largest absolute Gasteiger partial charge is 0.269 e. The molecule has 0 N–H and O–H groups in total. The summed E-state index contributed by atoms with van der Waals surface area (Å²) in [5, 5.41) is 1.27. The van der Waals surface area contributed by atoms with Gasteiger partial charge in [-0.05, 0) is 19.2 Å². The Morgan fingerprint density at radius 3 is 1.13 bits per heavy atom. The van der Waals surface area contributed by atoms with Crippen molar-refractivity contribution in [2.45, 2.75) is 13.8 Å². The van der Waals surface area contributed by atoms with E-state index in [2.05, 4.69) is 41.3 Å². The van der Waals surface area contributed by atoms with E-state index in [0.717, 1.165) is 0 Å². The summed E-state index contributed by atoms with van der Waals surface area (Å²) < 4.78 is 0. The summed E-state index contributed by atoms with van der Waals surface area (Å²) in [4.78, 5) is 0. The second-order valence-electron chi connectivity index (χ2n) is 2.42. The third kappa shape index (κ3) is 13.2. The van der Waals surface area contributed by atoms with Gasteiger partial charge in [0.15, 0.2) is 0 Å². The molecule has 1 atom stereocenters. The van der Waals surface area contributed by atoms with Crippen molar-refractivity contribution in [2.24, 2.45) is 0 Å². The SMILES string of the molecule is Cc1cc(C)cc(P)c1.F.F.F.F.F.F. The molecular formula is C8H17F6P. The monoisotopic (exact) mass is 258 g/mol. The van der Waals surface area contributed by atoms with Crippen LogP contribution in [0.3, 0.4) is 0 Å². The number of hydrogen-bond donors (Lipinski definition) is 0. The highest BCUT2D eigenvalue weighted by Crippen LogP contribution is 2.01. The molecule has 0 aromatic heterocycles. The zero-order chi connectivity index (χ0) is 6.85. The van der Waals surface area contributed by atoms with Crippen molar-refractivity contribution in [3.63, 3.8) is 0 Å². The maximum Gasteiger partial charge on any atom is -0.0297 e. The molecule has 96 valence electrons. The van der Waals surface area contributed by atoms with Gasteiger partial charge in [0.05, 0.1) is 0 Å². The molecule has 0 heterocycles. The summed E-state index contributed by atoms with van der Waals surface area (Å²) >= 11 is 0. The van der Waals surface area contributed by atoms with E-state index in [9.17, 15) is 0 Å². The van der Waals surface area contributed by atoms with Crippen LogP contribution in [0.5, 0.6) is 0 Å². The van der Waals surface area contributed by atoms with Crippen LogP contribution >= 0.6 is 9.24 Å². The summed E-state index contributed by atoms with van der Waals surface area (Å²) in [6.07, 6.45) is 0. The van der Waals surface area contributed by atoms with Crippen molar-refractivity contribution in [1.82, 2.24) is 0 Å². The zero-order valence-corrected chi connectivity index (χ0v) is 9.41. The summed E-state index contributed by atoms with van der Waals surface area (Å²) in [6.45, 7) is 4.22. The molecule has 0 saturated heterocycles. The van der Waals surface area contributed by atoms with Gasteiger partial charge in [-0.3, -0.25) is 28.2 Å². The van der Waals surface area contributed by atoms with E-state index in [0.29, 0.717) is 0 Å². The highest BCUT2D eigenvalue weighted by molar-refractivity contribution is 7.27. The maximum atomic E-state index is 2.70. The molecule has 0 aliphatic carbocycles. The maximum absolute atomic E-state index is 2.70. The predicted molar refractivity (Wildman–Crippen MR) is 60.3 cm³/mol. The molecule has 1 unspecified atom stereocenters. The lowest BCUT2D eigenvalue weighted by Gasteiger charge is -1.96. The molecular weight excluding hydrogens is 241 g/mol. The Balaban J connectivity index is -0.0000000337. The fourth-order valence-electron chi connectivity index (χ4n) is 1.01. The fourth-order valence-corrected chi connectivity index (χ4v) is 1.54. The highest BCUT2D eigenvalue weighted by Gasteiger charge is 1.87. The van der Waals surface area contributed by atoms with E-state index in [1.165, 1.54) is 16.4 Å². The minimum absolute atomic E-state index is 0. The first-order valence-corrected chi connectivity index (χ1v) is 3.60. The van der Waals surface area contributed by atoms with Crippen LogP contribution in [0.15, 0.2) is 18.2 Å². The second kappa shape index (κ2) is 15.7. The van der Waals surface area contributed by atoms with E-state index in [4.69, 9.17) is 0 Å². The Hall–Kier alpha value is -0.770. The molecule has 1 rings (SSSR count). The Morgan fingerprint density at radius 2 is 0.933 bits per heavy atom. The van der Waals surface area contributed by atoms with Gasteiger partial charge >= 0.3 is 0 Å². The quantitative estimate of drug-likeness (QED) is 0.496. The molecule has 0 nitrogen and oxygen atoms in total. The Kier molecular flexibility index (Phi) is 38.5.